The molecule has 3 rings (SSSR count). The van der Waals surface area contributed by atoms with Gasteiger partial charge in [0.05, 0.1) is 23.0 Å². The lowest BCUT2D eigenvalue weighted by molar-refractivity contribution is -0.385. The normalized spacial score (nSPS) is 15.0. The Balaban J connectivity index is 1.96. The number of nitrogens with one attached hydrogen (secondary N) is 1. The molecule has 2 aromatic rings. The first-order valence-corrected chi connectivity index (χ1v) is 10.8. The van der Waals surface area contributed by atoms with Gasteiger partial charge in [0, 0.05) is 24.6 Å². The molecule has 2 aromatic carbocycles. The van der Waals surface area contributed by atoms with E-state index in [0.29, 0.717) is 30.3 Å². The van der Waals surface area contributed by atoms with Gasteiger partial charge in [-0.1, -0.05) is 26.0 Å². The molecule has 1 aliphatic rings. The Hall–Kier alpha value is -2.65. The van der Waals surface area contributed by atoms with Crippen LogP contribution in [0.1, 0.15) is 37.4 Å². The number of sulfonamides is 1. The van der Waals surface area contributed by atoms with E-state index in [1.165, 1.54) is 12.1 Å². The van der Waals surface area contributed by atoms with E-state index in [1.807, 2.05) is 13.8 Å². The van der Waals surface area contributed by atoms with Crippen molar-refractivity contribution in [3.8, 4) is 11.5 Å². The number of nitrogens with zero attached hydrogens (tertiary/aromatic N) is 1. The number of hydrogen-bond donors (Lipinski definition) is 1. The smallest absolute Gasteiger partial charge is 0.270 e. The second-order valence-electron chi connectivity index (χ2n) is 7.31. The molecule has 9 heteroatoms. The number of hydrogen-bond acceptors (Lipinski definition) is 6. The van der Waals surface area contributed by atoms with Gasteiger partial charge in [0.25, 0.3) is 5.69 Å². The molecule has 1 aliphatic heterocycles. The van der Waals surface area contributed by atoms with Gasteiger partial charge in [-0.25, -0.2) is 13.1 Å². The molecule has 1 atom stereocenters. The molecule has 0 radical (unpaired) electrons. The highest BCUT2D eigenvalue weighted by atomic mass is 32.2. The first-order chi connectivity index (χ1) is 13.7. The van der Waals surface area contributed by atoms with Gasteiger partial charge in [0.1, 0.15) is 0 Å². The number of nitro benzene ring substituents is 1. The van der Waals surface area contributed by atoms with Crippen LogP contribution < -0.4 is 14.2 Å². The average Bonchev–Trinajstić information content (AvgIpc) is 2.90. The Labute approximate surface area is 170 Å². The maximum absolute atomic E-state index is 13.1. The quantitative estimate of drug-likeness (QED) is 0.563. The largest absolute Gasteiger partial charge is 0.490 e. The van der Waals surface area contributed by atoms with E-state index in [0.717, 1.165) is 18.1 Å². The summed E-state index contributed by atoms with van der Waals surface area (Å²) in [4.78, 5) is 10.4. The Morgan fingerprint density at radius 2 is 1.76 bits per heavy atom. The van der Waals surface area contributed by atoms with Crippen LogP contribution in [0.5, 0.6) is 11.5 Å². The van der Waals surface area contributed by atoms with Crippen molar-refractivity contribution in [2.75, 3.05) is 13.2 Å². The van der Waals surface area contributed by atoms with Crippen LogP contribution in [0, 0.1) is 23.0 Å². The van der Waals surface area contributed by atoms with Crippen LogP contribution in [0.4, 0.5) is 5.69 Å². The van der Waals surface area contributed by atoms with E-state index in [2.05, 4.69) is 4.72 Å². The lowest BCUT2D eigenvalue weighted by atomic mass is 9.97. The van der Waals surface area contributed by atoms with Gasteiger partial charge in [0.2, 0.25) is 10.0 Å². The summed E-state index contributed by atoms with van der Waals surface area (Å²) in [7, 11) is -3.99. The highest BCUT2D eigenvalue weighted by molar-refractivity contribution is 7.89. The Bertz CT molecular complexity index is 1020. The van der Waals surface area contributed by atoms with Gasteiger partial charge in [-0.15, -0.1) is 0 Å². The molecule has 1 N–H and O–H groups in total. The maximum Gasteiger partial charge on any atom is 0.270 e. The monoisotopic (exact) mass is 420 g/mol. The molecular weight excluding hydrogens is 396 g/mol. The number of nitro groups is 1. The zero-order valence-electron chi connectivity index (χ0n) is 16.5. The SMILES string of the molecule is Cc1ccc([N+](=O)[O-])cc1S(=O)(=O)NC(c1ccc2c(c1)OCCCO2)C(C)C. The molecule has 1 unspecified atom stereocenters. The van der Waals surface area contributed by atoms with Gasteiger partial charge in [-0.3, -0.25) is 10.1 Å². The first-order valence-electron chi connectivity index (χ1n) is 9.36. The van der Waals surface area contributed by atoms with Crippen molar-refractivity contribution in [2.45, 2.75) is 38.1 Å². The van der Waals surface area contributed by atoms with Crippen LogP contribution in [-0.4, -0.2) is 26.6 Å². The topological polar surface area (TPSA) is 108 Å². The van der Waals surface area contributed by atoms with Crippen LogP contribution in [0.3, 0.4) is 0 Å². The predicted octanol–water partition coefficient (Wildman–Crippen LogP) is 3.74. The second kappa shape index (κ2) is 8.38. The van der Waals surface area contributed by atoms with Crippen molar-refractivity contribution < 1.29 is 22.8 Å². The zero-order valence-corrected chi connectivity index (χ0v) is 17.4. The number of benzene rings is 2. The average molecular weight is 420 g/mol. The molecule has 156 valence electrons. The summed E-state index contributed by atoms with van der Waals surface area (Å²) in [5.74, 6) is 1.14. The van der Waals surface area contributed by atoms with E-state index in [4.69, 9.17) is 9.47 Å². The van der Waals surface area contributed by atoms with Crippen LogP contribution in [0.15, 0.2) is 41.3 Å². The minimum Gasteiger partial charge on any atom is -0.490 e. The zero-order chi connectivity index (χ0) is 21.2. The van der Waals surface area contributed by atoms with Crippen molar-refractivity contribution in [1.82, 2.24) is 4.72 Å². The van der Waals surface area contributed by atoms with Crippen LogP contribution >= 0.6 is 0 Å². The van der Waals surface area contributed by atoms with Gasteiger partial charge in [0.15, 0.2) is 11.5 Å². The second-order valence-corrected chi connectivity index (χ2v) is 8.99. The van der Waals surface area contributed by atoms with Crippen LogP contribution in [-0.2, 0) is 10.0 Å². The van der Waals surface area contributed by atoms with E-state index in [1.54, 1.807) is 25.1 Å². The molecule has 8 nitrogen and oxygen atoms in total. The summed E-state index contributed by atoms with van der Waals surface area (Å²) in [6.45, 7) is 6.50. The standard InChI is InChI=1S/C20H24N2O6S/c1-13(2)20(15-6-8-17-18(11-15)28-10-4-9-27-17)21-29(25,26)19-12-16(22(23)24)7-5-14(19)3/h5-8,11-13,20-21H,4,9-10H2,1-3H3. The number of non-ortho nitro benzene ring substituents is 1. The van der Waals surface area contributed by atoms with E-state index < -0.39 is 21.0 Å². The number of aryl methyl sites for hydroxylation is 1. The fraction of sp³-hybridized carbons (Fsp3) is 0.400. The molecular formula is C20H24N2O6S. The molecule has 0 amide bonds. The summed E-state index contributed by atoms with van der Waals surface area (Å²) in [5, 5.41) is 11.1. The molecule has 0 saturated heterocycles. The third-order valence-electron chi connectivity index (χ3n) is 4.75. The lowest BCUT2D eigenvalue weighted by Gasteiger charge is -2.24. The van der Waals surface area contributed by atoms with E-state index in [-0.39, 0.29) is 16.5 Å². The number of fused-ring (bicyclic) bond motifs is 1. The van der Waals surface area contributed by atoms with E-state index >= 15 is 0 Å². The van der Waals surface area contributed by atoms with Gasteiger partial charge >= 0.3 is 0 Å². The molecule has 0 aliphatic carbocycles. The highest BCUT2D eigenvalue weighted by Gasteiger charge is 2.27. The number of ether oxygens (including phenoxy) is 2. The molecule has 29 heavy (non-hydrogen) atoms. The Morgan fingerprint density at radius 3 is 2.41 bits per heavy atom. The fourth-order valence-electron chi connectivity index (χ4n) is 3.18. The summed E-state index contributed by atoms with van der Waals surface area (Å²) in [5.41, 5.74) is 0.896. The Kier molecular flexibility index (Phi) is 6.09. The van der Waals surface area contributed by atoms with Crippen molar-refractivity contribution >= 4 is 15.7 Å². The number of rotatable bonds is 6. The van der Waals surface area contributed by atoms with Crippen molar-refractivity contribution in [2.24, 2.45) is 5.92 Å². The molecule has 1 heterocycles. The van der Waals surface area contributed by atoms with Crippen molar-refractivity contribution in [1.29, 1.82) is 0 Å². The van der Waals surface area contributed by atoms with Crippen molar-refractivity contribution in [3.05, 3.63) is 57.6 Å². The van der Waals surface area contributed by atoms with Crippen LogP contribution in [0.25, 0.3) is 0 Å². The summed E-state index contributed by atoms with van der Waals surface area (Å²) in [6, 6.07) is 8.63. The molecule has 0 spiro atoms. The fourth-order valence-corrected chi connectivity index (χ4v) is 4.82. The van der Waals surface area contributed by atoms with E-state index in [9.17, 15) is 18.5 Å². The maximum atomic E-state index is 13.1. The Morgan fingerprint density at radius 1 is 1.07 bits per heavy atom. The molecule has 0 aromatic heterocycles. The van der Waals surface area contributed by atoms with Crippen molar-refractivity contribution in [3.63, 3.8) is 0 Å². The highest BCUT2D eigenvalue weighted by Crippen LogP contribution is 2.35. The third-order valence-corrected chi connectivity index (χ3v) is 6.33. The lowest BCUT2D eigenvalue weighted by Crippen LogP contribution is -2.32. The minimum absolute atomic E-state index is 0.0754. The molecule has 0 bridgehead atoms. The predicted molar refractivity (Wildman–Crippen MR) is 108 cm³/mol. The summed E-state index contributed by atoms with van der Waals surface area (Å²) >= 11 is 0. The first kappa shape index (κ1) is 21.1. The minimum atomic E-state index is -3.99. The van der Waals surface area contributed by atoms with Crippen LogP contribution in [0.2, 0.25) is 0 Å². The van der Waals surface area contributed by atoms with Gasteiger partial charge in [-0.2, -0.15) is 0 Å². The summed E-state index contributed by atoms with van der Waals surface area (Å²) in [6.07, 6.45) is 0.774. The van der Waals surface area contributed by atoms with Gasteiger partial charge < -0.3 is 9.47 Å². The molecule has 0 saturated carbocycles. The molecule has 0 fully saturated rings. The third kappa shape index (κ3) is 4.68. The van der Waals surface area contributed by atoms with Gasteiger partial charge in [-0.05, 0) is 36.1 Å². The summed E-state index contributed by atoms with van der Waals surface area (Å²) < 4.78 is 40.2.